The molecule has 4 atom stereocenters. The number of carboxylic acid groups (broad SMARTS) is 1. The molecule has 19 heteroatoms. The van der Waals surface area contributed by atoms with Gasteiger partial charge in [-0.25, -0.2) is 9.36 Å². The van der Waals surface area contributed by atoms with Crippen LogP contribution in [-0.2, 0) is 43.9 Å². The van der Waals surface area contributed by atoms with Gasteiger partial charge in [0.2, 0.25) is 11.8 Å². The molecule has 0 saturated heterocycles. The number of amides is 3. The monoisotopic (exact) mass is 1140 g/mol. The number of phosphoric acid groups is 1. The Balaban J connectivity index is 2.29. The number of unbranched alkanes of at least 4 members (excludes halogenated alkanes) is 1. The Labute approximate surface area is 368 Å². The van der Waals surface area contributed by atoms with Crippen LogP contribution >= 0.6 is 75.6 Å². The number of halogens is 3. The van der Waals surface area contributed by atoms with Crippen molar-refractivity contribution in [2.24, 2.45) is 5.92 Å². The van der Waals surface area contributed by atoms with Gasteiger partial charge in [0.25, 0.3) is 5.91 Å². The van der Waals surface area contributed by atoms with E-state index < -0.39 is 74.1 Å². The van der Waals surface area contributed by atoms with Crippen LogP contribution in [-0.4, -0.2) is 84.2 Å². The molecule has 0 aromatic heterocycles. The lowest BCUT2D eigenvalue weighted by Gasteiger charge is -2.26. The standard InChI is InChI=1S/C37H51I3N3O12P/c1-21(2)16-23-11-13-24(14-12-23)22(3)34(47)41-19-25(20-54-56(50,51)53-15-9-8-10-30(45)46)42-29(44)18-28(36(49)55-37(4,5)6)43-35(48)31-26(38)17-27(39)33(52-7)32(31)40/h11-14,17,21-22,25,28H,8-10,15-16,18-20H2,1-7H3,(H,41,47)(H,42,44)(H,43,48)(H,45,46)(H,50,51)/t22-,25+,28+/m0/s1. The summed E-state index contributed by atoms with van der Waals surface area (Å²) in [4.78, 5) is 75.0. The van der Waals surface area contributed by atoms with E-state index in [2.05, 4.69) is 52.4 Å². The quantitative estimate of drug-likeness (QED) is 0.0379. The molecule has 0 radical (unpaired) electrons. The highest BCUT2D eigenvalue weighted by molar-refractivity contribution is 14.1. The van der Waals surface area contributed by atoms with Crippen LogP contribution in [0.2, 0.25) is 0 Å². The van der Waals surface area contributed by atoms with Crippen molar-refractivity contribution in [3.63, 3.8) is 0 Å². The van der Waals surface area contributed by atoms with E-state index in [9.17, 15) is 33.4 Å². The van der Waals surface area contributed by atoms with Crippen molar-refractivity contribution in [2.75, 3.05) is 26.9 Å². The summed E-state index contributed by atoms with van der Waals surface area (Å²) in [5, 5.41) is 16.8. The fraction of sp³-hybridized carbons (Fsp3) is 0.541. The molecule has 0 aliphatic heterocycles. The topological polar surface area (TPSA) is 216 Å². The van der Waals surface area contributed by atoms with Crippen LogP contribution in [0.3, 0.4) is 0 Å². The lowest BCUT2D eigenvalue weighted by Crippen LogP contribution is -2.51. The van der Waals surface area contributed by atoms with Crippen LogP contribution in [0.5, 0.6) is 5.75 Å². The van der Waals surface area contributed by atoms with Crippen molar-refractivity contribution in [1.29, 1.82) is 0 Å². The summed E-state index contributed by atoms with van der Waals surface area (Å²) in [6.07, 6.45) is 0.535. The molecule has 2 aromatic carbocycles. The maximum absolute atomic E-state index is 13.7. The molecule has 0 aliphatic carbocycles. The second-order valence-corrected chi connectivity index (χ2v) is 19.2. The molecular formula is C37H51I3N3O12P. The molecule has 5 N–H and O–H groups in total. The first-order valence-electron chi connectivity index (χ1n) is 17.8. The van der Waals surface area contributed by atoms with Gasteiger partial charge in [0.1, 0.15) is 17.4 Å². The van der Waals surface area contributed by atoms with Crippen molar-refractivity contribution in [2.45, 2.75) is 97.2 Å². The van der Waals surface area contributed by atoms with Gasteiger partial charge >= 0.3 is 19.8 Å². The number of ether oxygens (including phenoxy) is 2. The number of rotatable bonds is 22. The van der Waals surface area contributed by atoms with Gasteiger partial charge in [0, 0.05) is 16.5 Å². The average molecular weight is 1140 g/mol. The Morgan fingerprint density at radius 3 is 2.14 bits per heavy atom. The van der Waals surface area contributed by atoms with Gasteiger partial charge in [-0.1, -0.05) is 38.1 Å². The summed E-state index contributed by atoms with van der Waals surface area (Å²) in [5.41, 5.74) is 1.16. The normalized spacial score (nSPS) is 14.2. The lowest BCUT2D eigenvalue weighted by atomic mass is 9.96. The van der Waals surface area contributed by atoms with E-state index in [1.807, 2.05) is 69.4 Å². The Hall–Kier alpha value is -2.11. The van der Waals surface area contributed by atoms with E-state index in [0.29, 0.717) is 18.8 Å². The Morgan fingerprint density at radius 1 is 0.929 bits per heavy atom. The summed E-state index contributed by atoms with van der Waals surface area (Å²) in [5.74, 6) is -3.37. The van der Waals surface area contributed by atoms with Crippen LogP contribution in [0.4, 0.5) is 0 Å². The number of aliphatic carboxylic acids is 1. The molecule has 312 valence electrons. The number of esters is 1. The third kappa shape index (κ3) is 17.8. The van der Waals surface area contributed by atoms with Gasteiger partial charge in [-0.05, 0) is 138 Å². The first kappa shape index (κ1) is 50.0. The average Bonchev–Trinajstić information content (AvgIpc) is 3.07. The molecule has 0 aliphatic rings. The lowest BCUT2D eigenvalue weighted by molar-refractivity contribution is -0.158. The third-order valence-electron chi connectivity index (χ3n) is 7.83. The zero-order valence-electron chi connectivity index (χ0n) is 32.4. The Bertz CT molecular complexity index is 1740. The van der Waals surface area contributed by atoms with E-state index in [4.69, 9.17) is 23.6 Å². The zero-order valence-corrected chi connectivity index (χ0v) is 39.8. The number of methoxy groups -OCH3 is 1. The minimum absolute atomic E-state index is 0.142. The van der Waals surface area contributed by atoms with E-state index in [1.54, 1.807) is 33.8 Å². The van der Waals surface area contributed by atoms with Crippen LogP contribution in [0.1, 0.15) is 94.6 Å². The second kappa shape index (κ2) is 23.5. The number of carboxylic acids is 1. The van der Waals surface area contributed by atoms with E-state index in [1.165, 1.54) is 7.11 Å². The first-order valence-corrected chi connectivity index (χ1v) is 22.5. The van der Waals surface area contributed by atoms with Crippen molar-refractivity contribution in [3.05, 3.63) is 57.7 Å². The highest BCUT2D eigenvalue weighted by atomic mass is 127. The molecule has 0 spiro atoms. The predicted octanol–water partition coefficient (Wildman–Crippen LogP) is 6.33. The van der Waals surface area contributed by atoms with Crippen LogP contribution < -0.4 is 20.7 Å². The smallest absolute Gasteiger partial charge is 0.472 e. The van der Waals surface area contributed by atoms with Crippen molar-refractivity contribution < 1.29 is 57.1 Å². The van der Waals surface area contributed by atoms with E-state index in [0.717, 1.165) is 21.1 Å². The number of phosphoric ester groups is 1. The maximum atomic E-state index is 13.7. The number of carbonyl (C=O) groups is 5. The van der Waals surface area contributed by atoms with Gasteiger partial charge in [-0.15, -0.1) is 0 Å². The van der Waals surface area contributed by atoms with Crippen molar-refractivity contribution >= 4 is 105 Å². The van der Waals surface area contributed by atoms with Crippen LogP contribution in [0, 0.1) is 16.6 Å². The molecule has 3 amide bonds. The minimum Gasteiger partial charge on any atom is -0.495 e. The highest BCUT2D eigenvalue weighted by Gasteiger charge is 2.32. The molecule has 0 saturated carbocycles. The largest absolute Gasteiger partial charge is 0.495 e. The number of nitrogens with one attached hydrogen (secondary N) is 3. The molecule has 2 rings (SSSR count). The molecule has 15 nitrogen and oxygen atoms in total. The van der Waals surface area contributed by atoms with Crippen LogP contribution in [0.15, 0.2) is 30.3 Å². The van der Waals surface area contributed by atoms with Gasteiger partial charge in [0.05, 0.1) is 51.4 Å². The Morgan fingerprint density at radius 2 is 1.57 bits per heavy atom. The predicted molar refractivity (Wildman–Crippen MR) is 234 cm³/mol. The minimum atomic E-state index is -4.68. The Kier molecular flexibility index (Phi) is 21.0. The number of benzene rings is 2. The third-order valence-corrected chi connectivity index (χ3v) is 11.5. The molecule has 0 heterocycles. The van der Waals surface area contributed by atoms with E-state index >= 15 is 0 Å². The SMILES string of the molecule is COc1c(I)cc(I)c(C(=O)N[C@H](CC(=O)N[C@H](CNC(=O)[C@@H](C)c2ccc(CC(C)C)cc2)COP(=O)(O)OCCCCC(=O)O)C(=O)OC(C)(C)C)c1I. The molecule has 2 aromatic rings. The molecular weight excluding hydrogens is 1090 g/mol. The summed E-state index contributed by atoms with van der Waals surface area (Å²) >= 11 is 6.06. The molecule has 1 unspecified atom stereocenters. The van der Waals surface area contributed by atoms with Gasteiger partial charge in [-0.2, -0.15) is 0 Å². The number of hydrogen-bond acceptors (Lipinski definition) is 10. The summed E-state index contributed by atoms with van der Waals surface area (Å²) in [6, 6.07) is 6.85. The first-order chi connectivity index (χ1) is 26.0. The van der Waals surface area contributed by atoms with Gasteiger partial charge < -0.3 is 35.4 Å². The van der Waals surface area contributed by atoms with Gasteiger partial charge in [0.15, 0.2) is 0 Å². The number of hydrogen-bond donors (Lipinski definition) is 5. The maximum Gasteiger partial charge on any atom is 0.472 e. The van der Waals surface area contributed by atoms with Gasteiger partial charge in [-0.3, -0.25) is 28.2 Å². The molecule has 0 bridgehead atoms. The van der Waals surface area contributed by atoms with Crippen molar-refractivity contribution in [1.82, 2.24) is 16.0 Å². The highest BCUT2D eigenvalue weighted by Crippen LogP contribution is 2.43. The fourth-order valence-electron chi connectivity index (χ4n) is 5.11. The molecule has 0 fully saturated rings. The van der Waals surface area contributed by atoms with E-state index in [-0.39, 0.29) is 38.0 Å². The summed E-state index contributed by atoms with van der Waals surface area (Å²) < 4.78 is 35.7. The summed E-state index contributed by atoms with van der Waals surface area (Å²) in [7, 11) is -3.20. The summed E-state index contributed by atoms with van der Waals surface area (Å²) in [6.45, 7) is 9.75. The molecule has 56 heavy (non-hydrogen) atoms. The van der Waals surface area contributed by atoms with Crippen LogP contribution in [0.25, 0.3) is 0 Å². The number of carbonyl (C=O) groups excluding carboxylic acids is 4. The zero-order chi connectivity index (χ0) is 42.4. The van der Waals surface area contributed by atoms with Crippen molar-refractivity contribution in [3.8, 4) is 5.75 Å². The fourth-order valence-corrected chi connectivity index (χ4v) is 10.2. The second-order valence-electron chi connectivity index (χ2n) is 14.3.